The summed E-state index contributed by atoms with van der Waals surface area (Å²) in [5, 5.41) is 9.49. The van der Waals surface area contributed by atoms with Crippen LogP contribution in [0, 0.1) is 5.82 Å². The molecule has 48 heavy (non-hydrogen) atoms. The van der Waals surface area contributed by atoms with Crippen LogP contribution in [0.3, 0.4) is 0 Å². The van der Waals surface area contributed by atoms with Crippen molar-refractivity contribution < 1.29 is 33.3 Å². The van der Waals surface area contributed by atoms with Gasteiger partial charge in [0.1, 0.15) is 17.8 Å². The van der Waals surface area contributed by atoms with Gasteiger partial charge in [-0.05, 0) is 108 Å². The molecule has 2 aliphatic heterocycles. The Balaban J connectivity index is 0.000000229. The first-order valence-corrected chi connectivity index (χ1v) is 16.5. The van der Waals surface area contributed by atoms with Gasteiger partial charge in [0, 0.05) is 66.8 Å². The minimum Gasteiger partial charge on any atom is -0.486 e. The van der Waals surface area contributed by atoms with Gasteiger partial charge in [0.2, 0.25) is 0 Å². The van der Waals surface area contributed by atoms with Crippen LogP contribution >= 0.6 is 11.6 Å². The zero-order valence-electron chi connectivity index (χ0n) is 28.5. The van der Waals surface area contributed by atoms with E-state index in [2.05, 4.69) is 9.97 Å². The number of aromatic nitrogens is 2. The van der Waals surface area contributed by atoms with Crippen LogP contribution in [0.25, 0.3) is 0 Å². The first kappa shape index (κ1) is 36.9. The maximum Gasteiger partial charge on any atom is 0.410 e. The van der Waals surface area contributed by atoms with Crippen LogP contribution in [0.2, 0.25) is 5.02 Å². The molecule has 2 unspecified atom stereocenters. The summed E-state index contributed by atoms with van der Waals surface area (Å²) in [6.45, 7) is 13.9. The van der Waals surface area contributed by atoms with Crippen LogP contribution in [0.5, 0.6) is 5.75 Å². The van der Waals surface area contributed by atoms with E-state index in [-0.39, 0.29) is 43.0 Å². The molecule has 0 saturated carbocycles. The van der Waals surface area contributed by atoms with E-state index in [9.17, 15) is 14.0 Å². The van der Waals surface area contributed by atoms with Crippen molar-refractivity contribution in [3.8, 4) is 5.75 Å². The summed E-state index contributed by atoms with van der Waals surface area (Å²) in [5.74, 6) is 0.0130. The molecule has 10 nitrogen and oxygen atoms in total. The smallest absolute Gasteiger partial charge is 0.410 e. The van der Waals surface area contributed by atoms with Gasteiger partial charge in [-0.2, -0.15) is 0 Å². The summed E-state index contributed by atoms with van der Waals surface area (Å²) in [7, 11) is 0. The monoisotopic (exact) mass is 684 g/mol. The lowest BCUT2D eigenvalue weighted by Gasteiger charge is -2.24. The van der Waals surface area contributed by atoms with E-state index >= 15 is 0 Å². The number of halogens is 2. The van der Waals surface area contributed by atoms with Crippen molar-refractivity contribution in [1.82, 2.24) is 19.8 Å². The zero-order valence-corrected chi connectivity index (χ0v) is 29.3. The molecule has 4 heterocycles. The van der Waals surface area contributed by atoms with Crippen molar-refractivity contribution in [2.75, 3.05) is 26.2 Å². The molecule has 260 valence electrons. The number of pyridine rings is 2. The Labute approximate surface area is 287 Å². The van der Waals surface area contributed by atoms with Gasteiger partial charge in [0.15, 0.2) is 11.6 Å². The first-order chi connectivity index (χ1) is 22.6. The van der Waals surface area contributed by atoms with Crippen LogP contribution in [-0.2, 0) is 22.7 Å². The number of hydrogen-bond donors (Lipinski definition) is 1. The van der Waals surface area contributed by atoms with Crippen LogP contribution in [0.4, 0.5) is 14.0 Å². The lowest BCUT2D eigenvalue weighted by atomic mass is 10.0. The third kappa shape index (κ3) is 11.1. The highest BCUT2D eigenvalue weighted by molar-refractivity contribution is 6.30. The molecule has 0 bridgehead atoms. The van der Waals surface area contributed by atoms with Gasteiger partial charge < -0.3 is 29.1 Å². The van der Waals surface area contributed by atoms with Crippen molar-refractivity contribution in [2.45, 2.75) is 90.6 Å². The maximum absolute atomic E-state index is 13.8. The fourth-order valence-electron chi connectivity index (χ4n) is 5.36. The van der Waals surface area contributed by atoms with Crippen LogP contribution in [0.15, 0.2) is 54.9 Å². The molecule has 0 radical (unpaired) electrons. The second-order valence-electron chi connectivity index (χ2n) is 14.0. The Morgan fingerprint density at radius 3 is 1.81 bits per heavy atom. The van der Waals surface area contributed by atoms with Crippen molar-refractivity contribution in [2.24, 2.45) is 0 Å². The fourth-order valence-corrected chi connectivity index (χ4v) is 5.52. The normalized spacial score (nSPS) is 17.9. The third-order valence-corrected chi connectivity index (χ3v) is 7.91. The average molecular weight is 685 g/mol. The van der Waals surface area contributed by atoms with Gasteiger partial charge in [0.05, 0.1) is 6.61 Å². The van der Waals surface area contributed by atoms with Gasteiger partial charge in [-0.25, -0.2) is 14.0 Å². The minimum atomic E-state index is -0.512. The van der Waals surface area contributed by atoms with Crippen LogP contribution in [-0.4, -0.2) is 74.4 Å². The lowest BCUT2D eigenvalue weighted by Crippen LogP contribution is -2.35. The summed E-state index contributed by atoms with van der Waals surface area (Å²) in [4.78, 5) is 36.5. The number of amides is 2. The summed E-state index contributed by atoms with van der Waals surface area (Å²) in [5.41, 5.74) is 2.58. The average Bonchev–Trinajstić information content (AvgIpc) is 3.71. The first-order valence-electron chi connectivity index (χ1n) is 16.1. The number of nitrogens with zero attached hydrogens (tertiary/aromatic N) is 4. The predicted octanol–water partition coefficient (Wildman–Crippen LogP) is 7.48. The molecule has 2 aromatic heterocycles. The van der Waals surface area contributed by atoms with Gasteiger partial charge in [-0.1, -0.05) is 11.6 Å². The number of rotatable bonds is 6. The molecule has 2 fully saturated rings. The Kier molecular flexibility index (Phi) is 12.3. The van der Waals surface area contributed by atoms with Crippen molar-refractivity contribution >= 4 is 23.8 Å². The zero-order chi connectivity index (χ0) is 35.1. The highest BCUT2D eigenvalue weighted by atomic mass is 35.5. The predicted molar refractivity (Wildman–Crippen MR) is 180 cm³/mol. The second kappa shape index (κ2) is 16.0. The molecule has 5 rings (SSSR count). The van der Waals surface area contributed by atoms with Crippen LogP contribution in [0.1, 0.15) is 88.7 Å². The van der Waals surface area contributed by atoms with E-state index in [1.165, 1.54) is 12.1 Å². The Morgan fingerprint density at radius 2 is 1.33 bits per heavy atom. The number of ether oxygens (including phenoxy) is 3. The number of aliphatic hydroxyl groups excluding tert-OH is 1. The van der Waals surface area contributed by atoms with Gasteiger partial charge in [-0.3, -0.25) is 9.97 Å². The van der Waals surface area contributed by atoms with E-state index in [1.54, 1.807) is 34.3 Å². The molecule has 0 aliphatic carbocycles. The molecular formula is C36H46ClFN4O6. The number of carbonyl (C=O) groups is 2. The maximum atomic E-state index is 13.8. The number of benzene rings is 1. The Bertz CT molecular complexity index is 1560. The van der Waals surface area contributed by atoms with E-state index < -0.39 is 17.0 Å². The standard InChI is InChI=1S/C21H24ClFN2O3.C15H22N2O3/c1-21(2,3)28-20(26)25-9-7-15(12-25)18-10-14(6-8-24-18)13-27-19-5-4-16(22)11-17(19)23;1-15(2,3)20-14(19)17-7-5-12(9-17)13-8-11(10-18)4-6-16-13/h4-6,8,10-11,15H,7,9,12-13H2,1-3H3;4,6,8,12,18H,5,7,9-10H2,1-3H3. The summed E-state index contributed by atoms with van der Waals surface area (Å²) >= 11 is 5.76. The Morgan fingerprint density at radius 1 is 0.833 bits per heavy atom. The van der Waals surface area contributed by atoms with E-state index in [0.29, 0.717) is 31.2 Å². The molecule has 2 atom stereocenters. The quantitative estimate of drug-likeness (QED) is 0.284. The van der Waals surface area contributed by atoms with E-state index in [0.717, 1.165) is 35.4 Å². The van der Waals surface area contributed by atoms with Crippen molar-refractivity contribution in [3.05, 3.63) is 88.2 Å². The van der Waals surface area contributed by atoms with Crippen molar-refractivity contribution in [3.63, 3.8) is 0 Å². The molecular weight excluding hydrogens is 639 g/mol. The summed E-state index contributed by atoms with van der Waals surface area (Å²) in [6.07, 6.45) is 4.55. The number of likely N-dealkylation sites (tertiary alicyclic amines) is 2. The molecule has 3 aromatic rings. The number of carbonyl (C=O) groups excluding carboxylic acids is 2. The topological polar surface area (TPSA) is 114 Å². The molecule has 0 spiro atoms. The largest absolute Gasteiger partial charge is 0.486 e. The molecule has 2 amide bonds. The molecule has 1 aromatic carbocycles. The highest BCUT2D eigenvalue weighted by Gasteiger charge is 2.32. The molecule has 1 N–H and O–H groups in total. The summed E-state index contributed by atoms with van der Waals surface area (Å²) < 4.78 is 30.2. The Hall–Kier alpha value is -3.96. The van der Waals surface area contributed by atoms with Crippen LogP contribution < -0.4 is 4.74 Å². The van der Waals surface area contributed by atoms with Gasteiger partial charge in [0.25, 0.3) is 0 Å². The highest BCUT2D eigenvalue weighted by Crippen LogP contribution is 2.29. The molecule has 2 saturated heterocycles. The van der Waals surface area contributed by atoms with E-state index in [4.69, 9.17) is 30.9 Å². The van der Waals surface area contributed by atoms with Gasteiger partial charge >= 0.3 is 12.2 Å². The fraction of sp³-hybridized carbons (Fsp3) is 0.500. The summed E-state index contributed by atoms with van der Waals surface area (Å²) in [6, 6.07) is 11.8. The number of aliphatic hydroxyl groups is 1. The SMILES string of the molecule is CC(C)(C)OC(=O)N1CCC(c2cc(CO)ccn2)C1.CC(C)(C)OC(=O)N1CCC(c2cc(COc3ccc(Cl)cc3F)ccn2)C1. The lowest BCUT2D eigenvalue weighted by molar-refractivity contribution is 0.0282. The van der Waals surface area contributed by atoms with Crippen molar-refractivity contribution in [1.29, 1.82) is 0 Å². The minimum absolute atomic E-state index is 0.0119. The second-order valence-corrected chi connectivity index (χ2v) is 14.5. The molecule has 2 aliphatic rings. The van der Waals surface area contributed by atoms with E-state index in [1.807, 2.05) is 59.7 Å². The molecule has 12 heteroatoms. The third-order valence-electron chi connectivity index (χ3n) is 7.68. The number of hydrogen-bond acceptors (Lipinski definition) is 8. The van der Waals surface area contributed by atoms with Gasteiger partial charge in [-0.15, -0.1) is 0 Å².